The molecule has 2 aromatic rings. The monoisotopic (exact) mass is 347 g/mol. The van der Waals surface area contributed by atoms with Crippen molar-refractivity contribution in [3.8, 4) is 17.2 Å². The molecule has 0 aliphatic carbocycles. The number of halogens is 1. The van der Waals surface area contributed by atoms with Gasteiger partial charge in [0.05, 0.1) is 17.9 Å². The minimum Gasteiger partial charge on any atom is -0.488 e. The minimum atomic E-state index is -0.691. The molecule has 0 heterocycles. The molecule has 1 N–H and O–H groups in total. The fourth-order valence-electron chi connectivity index (χ4n) is 2.06. The summed E-state index contributed by atoms with van der Waals surface area (Å²) in [5.74, 6) is -0.199. The van der Waals surface area contributed by atoms with Gasteiger partial charge in [-0.2, -0.15) is 4.39 Å². The summed E-state index contributed by atoms with van der Waals surface area (Å²) in [5, 5.41) is 2.56. The van der Waals surface area contributed by atoms with Crippen LogP contribution in [0.4, 0.5) is 14.9 Å². The smallest absolute Gasteiger partial charge is 0.417 e. The summed E-state index contributed by atoms with van der Waals surface area (Å²) in [5.41, 5.74) is 0.314. The van der Waals surface area contributed by atoms with Gasteiger partial charge in [0.15, 0.2) is 11.5 Å². The average molecular weight is 347 g/mol. The van der Waals surface area contributed by atoms with E-state index in [0.29, 0.717) is 11.4 Å². The standard InChI is InChI=1S/C19H22FNO4/c1-12(2)23-16-10-14(11-17(18(16)20)24-13(3)4)21-19(22)25-15-8-6-5-7-9-15/h5-13H,1-4H3,(H,21,22). The molecule has 5 nitrogen and oxygen atoms in total. The minimum absolute atomic E-state index is 0.00293. The third kappa shape index (κ3) is 5.67. The van der Waals surface area contributed by atoms with E-state index in [4.69, 9.17) is 14.2 Å². The third-order valence-corrected chi connectivity index (χ3v) is 2.93. The number of para-hydroxylation sites is 1. The molecular weight excluding hydrogens is 325 g/mol. The van der Waals surface area contributed by atoms with Gasteiger partial charge in [0, 0.05) is 12.1 Å². The number of nitrogens with one attached hydrogen (secondary N) is 1. The van der Waals surface area contributed by atoms with Gasteiger partial charge in [-0.1, -0.05) is 18.2 Å². The van der Waals surface area contributed by atoms with Crippen LogP contribution in [0.25, 0.3) is 0 Å². The molecule has 1 amide bonds. The molecule has 0 aliphatic rings. The molecule has 0 saturated heterocycles. The Balaban J connectivity index is 2.21. The summed E-state index contributed by atoms with van der Waals surface area (Å²) in [6.45, 7) is 7.14. The van der Waals surface area contributed by atoms with Crippen LogP contribution in [0.2, 0.25) is 0 Å². The summed E-state index contributed by atoms with van der Waals surface area (Å²) in [6, 6.07) is 11.4. The second kappa shape index (κ2) is 8.37. The lowest BCUT2D eigenvalue weighted by molar-refractivity contribution is 0.209. The Morgan fingerprint density at radius 3 is 1.96 bits per heavy atom. The Kier molecular flexibility index (Phi) is 6.22. The molecule has 0 fully saturated rings. The van der Waals surface area contributed by atoms with Crippen molar-refractivity contribution in [2.45, 2.75) is 39.9 Å². The number of carbonyl (C=O) groups excluding carboxylic acids is 1. The summed E-state index contributed by atoms with van der Waals surface area (Å²) in [4.78, 5) is 12.0. The van der Waals surface area contributed by atoms with Gasteiger partial charge >= 0.3 is 6.09 Å². The van der Waals surface area contributed by atoms with E-state index in [1.54, 1.807) is 52.0 Å². The molecule has 0 saturated carbocycles. The van der Waals surface area contributed by atoms with Crippen LogP contribution < -0.4 is 19.5 Å². The van der Waals surface area contributed by atoms with Gasteiger partial charge < -0.3 is 14.2 Å². The lowest BCUT2D eigenvalue weighted by Gasteiger charge is -2.17. The number of benzene rings is 2. The topological polar surface area (TPSA) is 56.8 Å². The fraction of sp³-hybridized carbons (Fsp3) is 0.316. The van der Waals surface area contributed by atoms with Gasteiger partial charge in [0.2, 0.25) is 5.82 Å². The first kappa shape index (κ1) is 18.6. The van der Waals surface area contributed by atoms with E-state index in [1.165, 1.54) is 12.1 Å². The third-order valence-electron chi connectivity index (χ3n) is 2.93. The Labute approximate surface area is 146 Å². The van der Waals surface area contributed by atoms with Crippen LogP contribution in [0.15, 0.2) is 42.5 Å². The zero-order valence-corrected chi connectivity index (χ0v) is 14.7. The predicted octanol–water partition coefficient (Wildman–Crippen LogP) is 5.01. The Bertz CT molecular complexity index is 686. The average Bonchev–Trinajstić information content (AvgIpc) is 2.51. The summed E-state index contributed by atoms with van der Waals surface area (Å²) in [6.07, 6.45) is -1.15. The lowest BCUT2D eigenvalue weighted by atomic mass is 10.2. The number of anilines is 1. The van der Waals surface area contributed by atoms with Gasteiger partial charge in [0.25, 0.3) is 0 Å². The van der Waals surface area contributed by atoms with Crippen molar-refractivity contribution in [2.75, 3.05) is 5.32 Å². The highest BCUT2D eigenvalue weighted by Gasteiger charge is 2.17. The highest BCUT2D eigenvalue weighted by atomic mass is 19.1. The maximum atomic E-state index is 14.5. The highest BCUT2D eigenvalue weighted by molar-refractivity contribution is 5.87. The molecule has 134 valence electrons. The molecule has 0 bridgehead atoms. The van der Waals surface area contributed by atoms with Crippen molar-refractivity contribution in [3.63, 3.8) is 0 Å². The Morgan fingerprint density at radius 2 is 1.48 bits per heavy atom. The summed E-state index contributed by atoms with van der Waals surface area (Å²) >= 11 is 0. The van der Waals surface area contributed by atoms with E-state index >= 15 is 0 Å². The Hall–Kier alpha value is -2.76. The second-order valence-corrected chi connectivity index (χ2v) is 5.95. The first-order valence-corrected chi connectivity index (χ1v) is 8.06. The van der Waals surface area contributed by atoms with Gasteiger partial charge in [-0.15, -0.1) is 0 Å². The van der Waals surface area contributed by atoms with Crippen LogP contribution >= 0.6 is 0 Å². The van der Waals surface area contributed by atoms with E-state index in [0.717, 1.165) is 0 Å². The number of rotatable bonds is 6. The van der Waals surface area contributed by atoms with Crippen LogP contribution in [0.5, 0.6) is 17.2 Å². The van der Waals surface area contributed by atoms with Crippen molar-refractivity contribution in [1.29, 1.82) is 0 Å². The van der Waals surface area contributed by atoms with E-state index in [2.05, 4.69) is 5.32 Å². The first-order valence-electron chi connectivity index (χ1n) is 8.06. The maximum Gasteiger partial charge on any atom is 0.417 e. The SMILES string of the molecule is CC(C)Oc1cc(NC(=O)Oc2ccccc2)cc(OC(C)C)c1F. The van der Waals surface area contributed by atoms with Crippen LogP contribution in [-0.4, -0.2) is 18.3 Å². The number of amides is 1. The molecule has 0 unspecified atom stereocenters. The maximum absolute atomic E-state index is 14.5. The second-order valence-electron chi connectivity index (χ2n) is 5.95. The van der Waals surface area contributed by atoms with Crippen LogP contribution in [0.3, 0.4) is 0 Å². The van der Waals surface area contributed by atoms with E-state index in [9.17, 15) is 9.18 Å². The largest absolute Gasteiger partial charge is 0.488 e. The zero-order chi connectivity index (χ0) is 18.4. The van der Waals surface area contributed by atoms with Crippen LogP contribution in [0.1, 0.15) is 27.7 Å². The normalized spacial score (nSPS) is 10.7. The van der Waals surface area contributed by atoms with Gasteiger partial charge in [0.1, 0.15) is 5.75 Å². The van der Waals surface area contributed by atoms with Gasteiger partial charge in [-0.05, 0) is 39.8 Å². The predicted molar refractivity (Wildman–Crippen MR) is 94.0 cm³/mol. The molecule has 0 radical (unpaired) electrons. The first-order chi connectivity index (χ1) is 11.8. The molecule has 25 heavy (non-hydrogen) atoms. The van der Waals surface area contributed by atoms with Crippen molar-refractivity contribution in [3.05, 3.63) is 48.3 Å². The number of ether oxygens (including phenoxy) is 3. The molecule has 0 aliphatic heterocycles. The van der Waals surface area contributed by atoms with Crippen LogP contribution in [-0.2, 0) is 0 Å². The fourth-order valence-corrected chi connectivity index (χ4v) is 2.06. The van der Waals surface area contributed by atoms with Gasteiger partial charge in [-0.25, -0.2) is 4.79 Å². The van der Waals surface area contributed by atoms with E-state index in [1.807, 2.05) is 6.07 Å². The van der Waals surface area contributed by atoms with E-state index < -0.39 is 11.9 Å². The molecular formula is C19H22FNO4. The van der Waals surface area contributed by atoms with Crippen molar-refractivity contribution in [2.24, 2.45) is 0 Å². The molecule has 0 spiro atoms. The Morgan fingerprint density at radius 1 is 0.960 bits per heavy atom. The van der Waals surface area contributed by atoms with Crippen molar-refractivity contribution >= 4 is 11.8 Å². The highest BCUT2D eigenvalue weighted by Crippen LogP contribution is 2.33. The molecule has 6 heteroatoms. The number of hydrogen-bond donors (Lipinski definition) is 1. The molecule has 0 atom stereocenters. The summed E-state index contributed by atoms with van der Waals surface area (Å²) < 4.78 is 30.5. The van der Waals surface area contributed by atoms with Gasteiger partial charge in [-0.3, -0.25) is 5.32 Å². The molecule has 2 rings (SSSR count). The van der Waals surface area contributed by atoms with Crippen LogP contribution in [0, 0.1) is 5.82 Å². The lowest BCUT2D eigenvalue weighted by Crippen LogP contribution is -2.17. The van der Waals surface area contributed by atoms with Crippen molar-refractivity contribution < 1.29 is 23.4 Å². The quantitative estimate of drug-likeness (QED) is 0.798. The summed E-state index contributed by atoms with van der Waals surface area (Å²) in [7, 11) is 0. The molecule has 0 aromatic heterocycles. The number of carbonyl (C=O) groups is 1. The van der Waals surface area contributed by atoms with E-state index in [-0.39, 0.29) is 23.7 Å². The number of hydrogen-bond acceptors (Lipinski definition) is 4. The molecule has 2 aromatic carbocycles. The van der Waals surface area contributed by atoms with Crippen molar-refractivity contribution in [1.82, 2.24) is 0 Å². The zero-order valence-electron chi connectivity index (χ0n) is 14.7.